The van der Waals surface area contributed by atoms with E-state index in [4.69, 9.17) is 9.47 Å². The summed E-state index contributed by atoms with van der Waals surface area (Å²) in [6, 6.07) is 0. The topological polar surface area (TPSA) is 21.7 Å². The van der Waals surface area contributed by atoms with Crippen LogP contribution in [-0.4, -0.2) is 43.5 Å². The van der Waals surface area contributed by atoms with Crippen LogP contribution in [0.25, 0.3) is 0 Å². The Kier molecular flexibility index (Phi) is 4.49. The third kappa shape index (κ3) is 3.10. The highest BCUT2D eigenvalue weighted by Gasteiger charge is 2.40. The molecule has 114 valence electrons. The van der Waals surface area contributed by atoms with Gasteiger partial charge < -0.3 is 14.4 Å². The lowest BCUT2D eigenvalue weighted by Crippen LogP contribution is -2.36. The van der Waals surface area contributed by atoms with Gasteiger partial charge in [0.15, 0.2) is 6.29 Å². The molecule has 0 aromatic carbocycles. The van der Waals surface area contributed by atoms with Gasteiger partial charge >= 0.3 is 0 Å². The number of likely N-dealkylation sites (tertiary alicyclic amines) is 1. The van der Waals surface area contributed by atoms with Crippen molar-refractivity contribution in [1.29, 1.82) is 0 Å². The summed E-state index contributed by atoms with van der Waals surface area (Å²) in [5, 5.41) is 0. The zero-order valence-corrected chi connectivity index (χ0v) is 13.2. The van der Waals surface area contributed by atoms with E-state index in [1.54, 1.807) is 0 Å². The van der Waals surface area contributed by atoms with Crippen LogP contribution in [0.1, 0.15) is 40.0 Å². The third-order valence-electron chi connectivity index (χ3n) is 5.20. The van der Waals surface area contributed by atoms with E-state index < -0.39 is 0 Å². The average molecular weight is 279 g/mol. The van der Waals surface area contributed by atoms with Gasteiger partial charge in [-0.25, -0.2) is 0 Å². The molecule has 0 aromatic rings. The van der Waals surface area contributed by atoms with Crippen molar-refractivity contribution in [2.45, 2.75) is 52.4 Å². The van der Waals surface area contributed by atoms with Crippen molar-refractivity contribution in [2.75, 3.05) is 26.2 Å². The lowest BCUT2D eigenvalue weighted by Gasteiger charge is -2.36. The van der Waals surface area contributed by atoms with Crippen LogP contribution in [0, 0.1) is 17.8 Å². The monoisotopic (exact) mass is 279 g/mol. The molecule has 2 fully saturated rings. The van der Waals surface area contributed by atoms with Gasteiger partial charge in [0, 0.05) is 12.5 Å². The standard InChI is InChI=1S/C17H29NO2/c1-12-8-13(2)16(14(3)9-12)17-19-11-15(20-17)10-18-6-4-5-7-18/h8,13-17H,4-7,9-11H2,1-3H3. The first-order valence-electron chi connectivity index (χ1n) is 8.30. The summed E-state index contributed by atoms with van der Waals surface area (Å²) >= 11 is 0. The van der Waals surface area contributed by atoms with E-state index in [2.05, 4.69) is 31.7 Å². The van der Waals surface area contributed by atoms with Gasteiger partial charge in [0.25, 0.3) is 0 Å². The lowest BCUT2D eigenvalue weighted by molar-refractivity contribution is -0.123. The van der Waals surface area contributed by atoms with E-state index in [-0.39, 0.29) is 12.4 Å². The minimum atomic E-state index is 0.0111. The molecule has 5 unspecified atom stereocenters. The van der Waals surface area contributed by atoms with E-state index >= 15 is 0 Å². The Morgan fingerprint density at radius 1 is 1.25 bits per heavy atom. The highest BCUT2D eigenvalue weighted by Crippen LogP contribution is 2.39. The lowest BCUT2D eigenvalue weighted by atomic mass is 9.74. The third-order valence-corrected chi connectivity index (χ3v) is 5.20. The number of rotatable bonds is 3. The van der Waals surface area contributed by atoms with E-state index in [1.165, 1.54) is 37.9 Å². The fraction of sp³-hybridized carbons (Fsp3) is 0.882. The number of hydrogen-bond donors (Lipinski definition) is 0. The first kappa shape index (κ1) is 14.6. The molecule has 0 N–H and O–H groups in total. The van der Waals surface area contributed by atoms with Crippen LogP contribution in [-0.2, 0) is 9.47 Å². The maximum absolute atomic E-state index is 6.25. The van der Waals surface area contributed by atoms with Gasteiger partial charge in [0.05, 0.1) is 12.7 Å². The molecule has 0 spiro atoms. The van der Waals surface area contributed by atoms with Crippen LogP contribution in [0.5, 0.6) is 0 Å². The van der Waals surface area contributed by atoms with Crippen molar-refractivity contribution in [1.82, 2.24) is 4.90 Å². The van der Waals surface area contributed by atoms with Crippen molar-refractivity contribution < 1.29 is 9.47 Å². The molecule has 1 aliphatic carbocycles. The van der Waals surface area contributed by atoms with Gasteiger partial charge in [-0.1, -0.05) is 25.5 Å². The van der Waals surface area contributed by atoms with Gasteiger partial charge in [-0.15, -0.1) is 0 Å². The molecule has 0 radical (unpaired) electrons. The predicted octanol–water partition coefficient (Wildman–Crippen LogP) is 3.06. The summed E-state index contributed by atoms with van der Waals surface area (Å²) in [6.07, 6.45) is 6.58. The van der Waals surface area contributed by atoms with E-state index in [0.29, 0.717) is 17.8 Å². The van der Waals surface area contributed by atoms with Crippen molar-refractivity contribution >= 4 is 0 Å². The molecule has 2 aliphatic heterocycles. The Hall–Kier alpha value is -0.380. The Balaban J connectivity index is 1.56. The van der Waals surface area contributed by atoms with Crippen LogP contribution in [0.3, 0.4) is 0 Å². The predicted molar refractivity (Wildman–Crippen MR) is 80.5 cm³/mol. The minimum Gasteiger partial charge on any atom is -0.350 e. The minimum absolute atomic E-state index is 0.0111. The van der Waals surface area contributed by atoms with Gasteiger partial charge in [0.1, 0.15) is 0 Å². The molecule has 3 heteroatoms. The van der Waals surface area contributed by atoms with Gasteiger partial charge in [-0.2, -0.15) is 0 Å². The number of ether oxygens (including phenoxy) is 2. The zero-order chi connectivity index (χ0) is 14.1. The highest BCUT2D eigenvalue weighted by atomic mass is 16.7. The van der Waals surface area contributed by atoms with Crippen molar-refractivity contribution in [3.8, 4) is 0 Å². The van der Waals surface area contributed by atoms with Crippen molar-refractivity contribution in [2.24, 2.45) is 17.8 Å². The molecular formula is C17H29NO2. The fourth-order valence-electron chi connectivity index (χ4n) is 4.33. The second-order valence-electron chi connectivity index (χ2n) is 7.10. The molecule has 0 saturated carbocycles. The van der Waals surface area contributed by atoms with Crippen molar-refractivity contribution in [3.05, 3.63) is 11.6 Å². The van der Waals surface area contributed by atoms with Crippen LogP contribution < -0.4 is 0 Å². The molecule has 20 heavy (non-hydrogen) atoms. The normalized spacial score (nSPS) is 43.0. The first-order chi connectivity index (χ1) is 9.63. The van der Waals surface area contributed by atoms with Gasteiger partial charge in [0.2, 0.25) is 0 Å². The Labute approximate surface area is 123 Å². The smallest absolute Gasteiger partial charge is 0.161 e. The number of allylic oxidation sites excluding steroid dienone is 2. The summed E-state index contributed by atoms with van der Waals surface area (Å²) in [4.78, 5) is 2.52. The quantitative estimate of drug-likeness (QED) is 0.741. The number of nitrogens with zero attached hydrogens (tertiary/aromatic N) is 1. The zero-order valence-electron chi connectivity index (χ0n) is 13.2. The molecule has 2 saturated heterocycles. The average Bonchev–Trinajstić information content (AvgIpc) is 3.00. The molecule has 0 amide bonds. The summed E-state index contributed by atoms with van der Waals surface area (Å²) in [5.41, 5.74) is 1.52. The molecule has 2 heterocycles. The molecule has 0 bridgehead atoms. The summed E-state index contributed by atoms with van der Waals surface area (Å²) in [5.74, 6) is 1.74. The van der Waals surface area contributed by atoms with E-state index in [1.807, 2.05) is 0 Å². The Bertz CT molecular complexity index is 362. The van der Waals surface area contributed by atoms with Gasteiger partial charge in [-0.05, 0) is 51.1 Å². The maximum atomic E-state index is 6.25. The highest BCUT2D eigenvalue weighted by molar-refractivity contribution is 5.09. The fourth-order valence-corrected chi connectivity index (χ4v) is 4.33. The molecular weight excluding hydrogens is 250 g/mol. The second-order valence-corrected chi connectivity index (χ2v) is 7.10. The van der Waals surface area contributed by atoms with E-state index in [0.717, 1.165) is 13.2 Å². The number of hydrogen-bond acceptors (Lipinski definition) is 3. The Morgan fingerprint density at radius 2 is 2.00 bits per heavy atom. The molecule has 0 aromatic heterocycles. The first-order valence-corrected chi connectivity index (χ1v) is 8.30. The maximum Gasteiger partial charge on any atom is 0.161 e. The van der Waals surface area contributed by atoms with Crippen LogP contribution in [0.4, 0.5) is 0 Å². The molecule has 3 aliphatic rings. The van der Waals surface area contributed by atoms with Crippen molar-refractivity contribution in [3.63, 3.8) is 0 Å². The van der Waals surface area contributed by atoms with Crippen LogP contribution in [0.15, 0.2) is 11.6 Å². The summed E-state index contributed by atoms with van der Waals surface area (Å²) < 4.78 is 12.3. The summed E-state index contributed by atoms with van der Waals surface area (Å²) in [7, 11) is 0. The Morgan fingerprint density at radius 3 is 2.70 bits per heavy atom. The molecule has 3 rings (SSSR count). The summed E-state index contributed by atoms with van der Waals surface area (Å²) in [6.45, 7) is 11.2. The van der Waals surface area contributed by atoms with Crippen LogP contribution >= 0.6 is 0 Å². The molecule has 3 nitrogen and oxygen atoms in total. The van der Waals surface area contributed by atoms with E-state index in [9.17, 15) is 0 Å². The van der Waals surface area contributed by atoms with Crippen LogP contribution in [0.2, 0.25) is 0 Å². The SMILES string of the molecule is CC1=CC(C)C(C2OCC(CN3CCCC3)O2)C(C)C1. The second kappa shape index (κ2) is 6.17. The largest absolute Gasteiger partial charge is 0.350 e. The molecule has 5 atom stereocenters. The van der Waals surface area contributed by atoms with Gasteiger partial charge in [-0.3, -0.25) is 0 Å².